The molecular formula is C2H3BaKO6S. The van der Waals surface area contributed by atoms with Crippen molar-refractivity contribution in [3.05, 3.63) is 0 Å². The van der Waals surface area contributed by atoms with Gasteiger partial charge in [-0.05, 0) is 6.92 Å². The summed E-state index contributed by atoms with van der Waals surface area (Å²) in [5.41, 5.74) is 0. The molecule has 0 radical (unpaired) electrons. The van der Waals surface area contributed by atoms with Gasteiger partial charge < -0.3 is 19.0 Å². The first-order valence-corrected chi connectivity index (χ1v) is 2.91. The van der Waals surface area contributed by atoms with Crippen molar-refractivity contribution in [1.82, 2.24) is 0 Å². The second-order valence-electron chi connectivity index (χ2n) is 0.900. The molecule has 11 heavy (non-hydrogen) atoms. The van der Waals surface area contributed by atoms with Gasteiger partial charge in [-0.1, -0.05) is 0 Å². The van der Waals surface area contributed by atoms with Crippen LogP contribution >= 0.6 is 0 Å². The minimum atomic E-state index is -5.17. The average molecular weight is 332 g/mol. The Morgan fingerprint density at radius 3 is 1.27 bits per heavy atom. The minimum absolute atomic E-state index is 0. The fourth-order valence-corrected chi connectivity index (χ4v) is 0. The summed E-state index contributed by atoms with van der Waals surface area (Å²) in [6.07, 6.45) is 0. The van der Waals surface area contributed by atoms with Crippen molar-refractivity contribution in [2.24, 2.45) is 0 Å². The summed E-state index contributed by atoms with van der Waals surface area (Å²) in [7, 11) is -5.17. The topological polar surface area (TPSA) is 120 Å². The molecule has 0 saturated carbocycles. The Bertz CT molecular complexity index is 163. The molecule has 6 nitrogen and oxygen atoms in total. The molecule has 0 aromatic heterocycles. The molecule has 0 bridgehead atoms. The fourth-order valence-electron chi connectivity index (χ4n) is 0. The predicted molar refractivity (Wildman–Crippen MR) is 26.9 cm³/mol. The van der Waals surface area contributed by atoms with Crippen LogP contribution in [-0.4, -0.2) is 72.4 Å². The maximum Gasteiger partial charge on any atom is 2.00 e. The molecular weight excluding hydrogens is 329 g/mol. The Hall–Kier alpha value is 2.55. The molecule has 0 aromatic rings. The summed E-state index contributed by atoms with van der Waals surface area (Å²) < 4.78 is 34.1. The SMILES string of the molecule is CC(=O)[O-].O=S(=O)([O-])[O-].[Ba+2].[K+]. The van der Waals surface area contributed by atoms with Crippen molar-refractivity contribution in [3.8, 4) is 0 Å². The normalized spacial score (nSPS) is 7.55. The first-order valence-electron chi connectivity index (χ1n) is 1.57. The first-order chi connectivity index (χ1) is 3.73. The number of hydrogen-bond donors (Lipinski definition) is 0. The second-order valence-corrected chi connectivity index (χ2v) is 1.72. The molecule has 0 spiro atoms. The van der Waals surface area contributed by atoms with Crippen LogP contribution in [-0.2, 0) is 15.2 Å². The van der Waals surface area contributed by atoms with Crippen LogP contribution in [0.15, 0.2) is 0 Å². The zero-order valence-corrected chi connectivity index (χ0v) is 14.4. The largest absolute Gasteiger partial charge is 2.00 e. The van der Waals surface area contributed by atoms with Gasteiger partial charge in [0.05, 0.1) is 0 Å². The van der Waals surface area contributed by atoms with Crippen LogP contribution in [0.2, 0.25) is 0 Å². The van der Waals surface area contributed by atoms with Crippen LogP contribution in [0.3, 0.4) is 0 Å². The van der Waals surface area contributed by atoms with E-state index in [1.807, 2.05) is 0 Å². The van der Waals surface area contributed by atoms with E-state index in [1.54, 1.807) is 0 Å². The van der Waals surface area contributed by atoms with Crippen LogP contribution in [0.1, 0.15) is 6.92 Å². The molecule has 0 aliphatic rings. The van der Waals surface area contributed by atoms with E-state index in [2.05, 4.69) is 0 Å². The molecule has 0 aliphatic heterocycles. The van der Waals surface area contributed by atoms with E-state index in [0.717, 1.165) is 6.92 Å². The number of carboxylic acid groups (broad SMARTS) is 1. The standard InChI is InChI=1S/C2H4O2.Ba.K.H2O4S/c1-2(3)4;;;1-5(2,3)4/h1H3,(H,3,4);;;(H2,1,2,3,4)/q;+2;+1;/p-3. The number of carbonyl (C=O) groups excluding carboxylic acids is 1. The van der Waals surface area contributed by atoms with Crippen molar-refractivity contribution < 1.29 is 78.8 Å². The number of aliphatic carboxylic acids is 1. The monoisotopic (exact) mass is 332 g/mol. The summed E-state index contributed by atoms with van der Waals surface area (Å²) in [4.78, 5) is 8.89. The molecule has 0 aromatic carbocycles. The van der Waals surface area contributed by atoms with Crippen molar-refractivity contribution in [2.75, 3.05) is 0 Å². The van der Waals surface area contributed by atoms with Gasteiger partial charge in [-0.25, -0.2) is 0 Å². The number of rotatable bonds is 0. The van der Waals surface area contributed by atoms with Gasteiger partial charge in [-0.3, -0.25) is 8.42 Å². The Labute approximate surface area is 147 Å². The zero-order valence-electron chi connectivity index (χ0n) is 6.06. The Morgan fingerprint density at radius 1 is 1.27 bits per heavy atom. The van der Waals surface area contributed by atoms with Crippen LogP contribution in [0.5, 0.6) is 0 Å². The molecule has 0 rings (SSSR count). The average Bonchev–Trinajstić information content (AvgIpc) is 1.19. The molecule has 0 fully saturated rings. The summed E-state index contributed by atoms with van der Waals surface area (Å²) in [5.74, 6) is -1.08. The van der Waals surface area contributed by atoms with E-state index in [-0.39, 0.29) is 100 Å². The second kappa shape index (κ2) is 12.5. The van der Waals surface area contributed by atoms with E-state index in [4.69, 9.17) is 27.4 Å². The van der Waals surface area contributed by atoms with Crippen molar-refractivity contribution >= 4 is 65.2 Å². The van der Waals surface area contributed by atoms with Crippen molar-refractivity contribution in [1.29, 1.82) is 0 Å². The summed E-state index contributed by atoms with van der Waals surface area (Å²) in [6.45, 7) is 0.972. The van der Waals surface area contributed by atoms with Crippen LogP contribution in [0, 0.1) is 0 Å². The number of carboxylic acids is 1. The predicted octanol–water partition coefficient (Wildman–Crippen LogP) is -5.96. The van der Waals surface area contributed by atoms with Crippen LogP contribution in [0.25, 0.3) is 0 Å². The van der Waals surface area contributed by atoms with E-state index in [0.29, 0.717) is 0 Å². The van der Waals surface area contributed by atoms with Gasteiger partial charge in [0.1, 0.15) is 0 Å². The third-order valence-corrected chi connectivity index (χ3v) is 0. The Kier molecular flexibility index (Phi) is 26.7. The van der Waals surface area contributed by atoms with Gasteiger partial charge in [0.2, 0.25) is 0 Å². The fraction of sp³-hybridized carbons (Fsp3) is 0.500. The van der Waals surface area contributed by atoms with Crippen LogP contribution in [0.4, 0.5) is 0 Å². The van der Waals surface area contributed by atoms with E-state index in [9.17, 15) is 0 Å². The van der Waals surface area contributed by atoms with Gasteiger partial charge in [0, 0.05) is 16.4 Å². The zero-order chi connectivity index (χ0) is 8.08. The summed E-state index contributed by atoms with van der Waals surface area (Å²) in [6, 6.07) is 0. The number of hydrogen-bond acceptors (Lipinski definition) is 6. The summed E-state index contributed by atoms with van der Waals surface area (Å²) >= 11 is 0. The third-order valence-electron chi connectivity index (χ3n) is 0. The minimum Gasteiger partial charge on any atom is -0.759 e. The van der Waals surface area contributed by atoms with Gasteiger partial charge in [0.25, 0.3) is 0 Å². The third kappa shape index (κ3) is 215. The maximum atomic E-state index is 8.89. The molecule has 9 heteroatoms. The molecule has 0 unspecified atom stereocenters. The molecule has 0 saturated heterocycles. The molecule has 0 atom stereocenters. The molecule has 0 aliphatic carbocycles. The van der Waals surface area contributed by atoms with E-state index in [1.165, 1.54) is 0 Å². The molecule has 0 N–H and O–H groups in total. The van der Waals surface area contributed by atoms with Crippen molar-refractivity contribution in [3.63, 3.8) is 0 Å². The van der Waals surface area contributed by atoms with Gasteiger partial charge in [-0.15, -0.1) is 0 Å². The van der Waals surface area contributed by atoms with Crippen LogP contribution < -0.4 is 56.5 Å². The van der Waals surface area contributed by atoms with Gasteiger partial charge in [-0.2, -0.15) is 0 Å². The Balaban J connectivity index is -0.0000000383. The Morgan fingerprint density at radius 2 is 1.27 bits per heavy atom. The molecule has 0 amide bonds. The van der Waals surface area contributed by atoms with Gasteiger partial charge in [0.15, 0.2) is 0 Å². The smallest absolute Gasteiger partial charge is 0.759 e. The van der Waals surface area contributed by atoms with E-state index < -0.39 is 16.4 Å². The first kappa shape index (κ1) is 23.4. The number of carbonyl (C=O) groups is 1. The van der Waals surface area contributed by atoms with Crippen molar-refractivity contribution in [2.45, 2.75) is 6.92 Å². The quantitative estimate of drug-likeness (QED) is 0.247. The van der Waals surface area contributed by atoms with Gasteiger partial charge >= 0.3 is 100 Å². The summed E-state index contributed by atoms with van der Waals surface area (Å²) in [5, 5.41) is 8.89. The van der Waals surface area contributed by atoms with E-state index >= 15 is 0 Å². The molecule has 0 heterocycles. The molecule has 56 valence electrons. The maximum absolute atomic E-state index is 8.89.